The summed E-state index contributed by atoms with van der Waals surface area (Å²) in [6, 6.07) is 19.8. The Morgan fingerprint density at radius 3 is 2.45 bits per heavy atom. The van der Waals surface area contributed by atoms with Gasteiger partial charge in [0.2, 0.25) is 17.4 Å². The van der Waals surface area contributed by atoms with E-state index in [1.807, 2.05) is 31.3 Å². The highest BCUT2D eigenvalue weighted by molar-refractivity contribution is 6.08. The number of hydrogen-bond donors (Lipinski definition) is 0. The molecular formula is C25H20FN2O+. The highest BCUT2D eigenvalue weighted by Gasteiger charge is 2.23. The first kappa shape index (κ1) is 17.6. The van der Waals surface area contributed by atoms with Crippen LogP contribution in [0.1, 0.15) is 11.1 Å². The summed E-state index contributed by atoms with van der Waals surface area (Å²) in [4.78, 5) is 3.94. The van der Waals surface area contributed by atoms with E-state index in [0.29, 0.717) is 5.71 Å². The topological polar surface area (TPSA) is 29.9 Å². The highest BCUT2D eigenvalue weighted by Crippen LogP contribution is 2.37. The third-order valence-corrected chi connectivity index (χ3v) is 5.50. The average molecular weight is 383 g/mol. The van der Waals surface area contributed by atoms with Gasteiger partial charge in [-0.2, -0.15) is 9.37 Å². The minimum absolute atomic E-state index is 0.324. The van der Waals surface area contributed by atoms with E-state index in [9.17, 15) is 4.39 Å². The molecule has 3 aromatic heterocycles. The maximum Gasteiger partial charge on any atom is 0.229 e. The van der Waals surface area contributed by atoms with E-state index < -0.39 is 5.95 Å². The predicted molar refractivity (Wildman–Crippen MR) is 113 cm³/mol. The molecule has 0 fully saturated rings. The van der Waals surface area contributed by atoms with Gasteiger partial charge in [-0.1, -0.05) is 42.5 Å². The number of halogens is 1. The van der Waals surface area contributed by atoms with Gasteiger partial charge in [-0.3, -0.25) is 0 Å². The van der Waals surface area contributed by atoms with Crippen molar-refractivity contribution in [2.75, 3.05) is 0 Å². The third kappa shape index (κ3) is 2.80. The van der Waals surface area contributed by atoms with Crippen molar-refractivity contribution >= 4 is 22.1 Å². The molecule has 0 spiro atoms. The summed E-state index contributed by atoms with van der Waals surface area (Å²) >= 11 is 0. The first-order valence-electron chi connectivity index (χ1n) is 9.57. The number of fused-ring (bicyclic) bond motifs is 3. The van der Waals surface area contributed by atoms with Crippen LogP contribution in [0.3, 0.4) is 0 Å². The van der Waals surface area contributed by atoms with Crippen LogP contribution in [0.25, 0.3) is 44.5 Å². The van der Waals surface area contributed by atoms with Crippen molar-refractivity contribution in [2.45, 2.75) is 13.8 Å². The summed E-state index contributed by atoms with van der Waals surface area (Å²) in [6.45, 7) is 4.19. The molecule has 0 aliphatic carbocycles. The lowest BCUT2D eigenvalue weighted by Gasteiger charge is -2.10. The van der Waals surface area contributed by atoms with Gasteiger partial charge in [0, 0.05) is 22.4 Å². The molecule has 0 unspecified atom stereocenters. The molecule has 0 atom stereocenters. The summed E-state index contributed by atoms with van der Waals surface area (Å²) < 4.78 is 21.8. The molecule has 142 valence electrons. The van der Waals surface area contributed by atoms with Crippen LogP contribution in [0.15, 0.2) is 71.3 Å². The molecule has 0 aliphatic heterocycles. The zero-order valence-corrected chi connectivity index (χ0v) is 16.5. The minimum Gasteiger partial charge on any atom is -0.437 e. The molecule has 3 heterocycles. The van der Waals surface area contributed by atoms with Crippen molar-refractivity contribution in [3.8, 4) is 22.4 Å². The van der Waals surface area contributed by atoms with Crippen molar-refractivity contribution in [1.82, 2.24) is 4.98 Å². The Bertz CT molecular complexity index is 1390. The van der Waals surface area contributed by atoms with E-state index >= 15 is 0 Å². The van der Waals surface area contributed by atoms with Gasteiger partial charge in [-0.25, -0.2) is 4.57 Å². The van der Waals surface area contributed by atoms with Gasteiger partial charge in [0.25, 0.3) is 0 Å². The molecule has 0 aliphatic rings. The van der Waals surface area contributed by atoms with Crippen molar-refractivity contribution < 1.29 is 13.4 Å². The third-order valence-electron chi connectivity index (χ3n) is 5.50. The second-order valence-corrected chi connectivity index (χ2v) is 7.46. The Morgan fingerprint density at radius 2 is 1.66 bits per heavy atom. The number of nitrogens with zero attached hydrogens (tertiary/aromatic N) is 2. The quantitative estimate of drug-likeness (QED) is 0.281. The molecule has 0 N–H and O–H groups in total. The molecule has 4 heteroatoms. The van der Waals surface area contributed by atoms with Gasteiger partial charge < -0.3 is 4.42 Å². The van der Waals surface area contributed by atoms with Crippen molar-refractivity contribution in [3.63, 3.8) is 0 Å². The van der Waals surface area contributed by atoms with E-state index in [1.54, 1.807) is 6.07 Å². The smallest absolute Gasteiger partial charge is 0.229 e. The van der Waals surface area contributed by atoms with Crippen LogP contribution >= 0.6 is 0 Å². The standard InChI is InChI=1S/C25H20FN2O/c1-15-9-10-18-19-11-12-22(26)27-25(19)29-24(18)23(15)21-13-20(16(2)14-28(21)3)17-7-5-4-6-8-17/h4-14H,1-3H3/q+1. The van der Waals surface area contributed by atoms with Crippen LogP contribution < -0.4 is 4.57 Å². The van der Waals surface area contributed by atoms with Crippen LogP contribution in [-0.4, -0.2) is 4.98 Å². The number of aromatic nitrogens is 2. The van der Waals surface area contributed by atoms with Crippen LogP contribution in [0, 0.1) is 19.8 Å². The first-order valence-corrected chi connectivity index (χ1v) is 9.57. The van der Waals surface area contributed by atoms with Gasteiger partial charge in [0.15, 0.2) is 11.8 Å². The Balaban J connectivity index is 1.84. The average Bonchev–Trinajstić information content (AvgIpc) is 3.07. The van der Waals surface area contributed by atoms with Gasteiger partial charge in [0.05, 0.1) is 5.56 Å². The summed E-state index contributed by atoms with van der Waals surface area (Å²) in [5.74, 6) is -0.540. The maximum atomic E-state index is 13.6. The lowest BCUT2D eigenvalue weighted by molar-refractivity contribution is -0.660. The van der Waals surface area contributed by atoms with Gasteiger partial charge in [-0.15, -0.1) is 0 Å². The minimum atomic E-state index is -0.540. The fourth-order valence-corrected chi connectivity index (χ4v) is 4.07. The Kier molecular flexibility index (Phi) is 3.95. The summed E-state index contributed by atoms with van der Waals surface area (Å²) in [5, 5.41) is 1.76. The van der Waals surface area contributed by atoms with Gasteiger partial charge >= 0.3 is 0 Å². The van der Waals surface area contributed by atoms with Crippen LogP contribution in [0.4, 0.5) is 4.39 Å². The lowest BCUT2D eigenvalue weighted by Crippen LogP contribution is -2.31. The van der Waals surface area contributed by atoms with Gasteiger partial charge in [0.1, 0.15) is 7.05 Å². The number of rotatable bonds is 2. The molecule has 0 saturated carbocycles. The molecule has 5 aromatic rings. The van der Waals surface area contributed by atoms with E-state index in [0.717, 1.165) is 33.2 Å². The highest BCUT2D eigenvalue weighted by atomic mass is 19.1. The Hall–Kier alpha value is -3.53. The fraction of sp³-hybridized carbons (Fsp3) is 0.120. The lowest BCUT2D eigenvalue weighted by atomic mass is 9.96. The molecule has 29 heavy (non-hydrogen) atoms. The maximum absolute atomic E-state index is 13.6. The van der Waals surface area contributed by atoms with E-state index in [1.165, 1.54) is 22.8 Å². The molecule has 2 aromatic carbocycles. The number of benzene rings is 2. The second-order valence-electron chi connectivity index (χ2n) is 7.46. The van der Waals surface area contributed by atoms with Gasteiger partial charge in [-0.05, 0) is 42.7 Å². The molecule has 0 amide bonds. The zero-order valence-electron chi connectivity index (χ0n) is 16.5. The molecule has 0 saturated heterocycles. The number of pyridine rings is 2. The second kappa shape index (κ2) is 6.52. The summed E-state index contributed by atoms with van der Waals surface area (Å²) in [6.07, 6.45) is 2.14. The molecule has 0 radical (unpaired) electrons. The van der Waals surface area contributed by atoms with Crippen LogP contribution in [0.5, 0.6) is 0 Å². The first-order chi connectivity index (χ1) is 14.0. The van der Waals surface area contributed by atoms with Crippen molar-refractivity contribution in [2.24, 2.45) is 7.05 Å². The van der Waals surface area contributed by atoms with Crippen molar-refractivity contribution in [3.05, 3.63) is 83.9 Å². The summed E-state index contributed by atoms with van der Waals surface area (Å²) in [5.41, 5.74) is 7.73. The van der Waals surface area contributed by atoms with Crippen LogP contribution in [-0.2, 0) is 7.05 Å². The number of furan rings is 1. The number of hydrogen-bond acceptors (Lipinski definition) is 2. The largest absolute Gasteiger partial charge is 0.437 e. The number of aryl methyl sites for hydroxylation is 3. The molecular weight excluding hydrogens is 363 g/mol. The summed E-state index contributed by atoms with van der Waals surface area (Å²) in [7, 11) is 2.04. The molecule has 5 rings (SSSR count). The Morgan fingerprint density at radius 1 is 0.897 bits per heavy atom. The monoisotopic (exact) mass is 383 g/mol. The normalized spacial score (nSPS) is 11.4. The van der Waals surface area contributed by atoms with Crippen LogP contribution in [0.2, 0.25) is 0 Å². The fourth-order valence-electron chi connectivity index (χ4n) is 4.07. The zero-order chi connectivity index (χ0) is 20.1. The predicted octanol–water partition coefficient (Wildman–Crippen LogP) is 5.90. The Labute approximate surface area is 168 Å². The van der Waals surface area contributed by atoms with Crippen molar-refractivity contribution in [1.29, 1.82) is 0 Å². The molecule has 3 nitrogen and oxygen atoms in total. The van der Waals surface area contributed by atoms with E-state index in [-0.39, 0.29) is 0 Å². The van der Waals surface area contributed by atoms with E-state index in [2.05, 4.69) is 53.9 Å². The SMILES string of the molecule is Cc1c[n+](C)c(-c2c(C)ccc3c2oc2nc(F)ccc23)cc1-c1ccccc1. The van der Waals surface area contributed by atoms with E-state index in [4.69, 9.17) is 4.42 Å². The molecule has 0 bridgehead atoms.